The number of halogens is 3. The molecule has 1 aliphatic heterocycles. The van der Waals surface area contributed by atoms with Crippen molar-refractivity contribution in [2.45, 2.75) is 24.4 Å². The molecule has 0 bridgehead atoms. The topological polar surface area (TPSA) is 67.2 Å². The monoisotopic (exact) mass is 456 g/mol. The largest absolute Gasteiger partial charge is 0.418 e. The van der Waals surface area contributed by atoms with Crippen molar-refractivity contribution in [2.75, 3.05) is 5.32 Å². The summed E-state index contributed by atoms with van der Waals surface area (Å²) < 4.78 is 40.7. The summed E-state index contributed by atoms with van der Waals surface area (Å²) in [4.78, 5) is 17.3. The number of carbonyl (C=O) groups excluding carboxylic acids is 1. The molecule has 3 rings (SSSR count). The highest BCUT2D eigenvalue weighted by atomic mass is 32.2. The second-order valence-corrected chi connectivity index (χ2v) is 9.02. The van der Waals surface area contributed by atoms with Gasteiger partial charge in [-0.3, -0.25) is 15.1 Å². The van der Waals surface area contributed by atoms with Crippen molar-refractivity contribution >= 4 is 51.7 Å². The molecule has 0 fully saturated rings. The Bertz CT molecular complexity index is 1000. The van der Waals surface area contributed by atoms with Crippen LogP contribution in [0.2, 0.25) is 0 Å². The molecule has 2 aromatic heterocycles. The lowest BCUT2D eigenvalue weighted by Gasteiger charge is -2.21. The number of carbonyl (C=O) groups is 1. The molecule has 2 aromatic rings. The van der Waals surface area contributed by atoms with Gasteiger partial charge in [0.2, 0.25) is 5.13 Å². The fourth-order valence-corrected chi connectivity index (χ4v) is 4.95. The van der Waals surface area contributed by atoms with E-state index in [1.807, 2.05) is 0 Å². The Morgan fingerprint density at radius 3 is 2.79 bits per heavy atom. The van der Waals surface area contributed by atoms with E-state index < -0.39 is 17.7 Å². The third-order valence-electron chi connectivity index (χ3n) is 3.78. The van der Waals surface area contributed by atoms with Crippen LogP contribution in [-0.2, 0) is 0 Å². The van der Waals surface area contributed by atoms with E-state index >= 15 is 0 Å². The van der Waals surface area contributed by atoms with E-state index in [-0.39, 0.29) is 11.6 Å². The summed E-state index contributed by atoms with van der Waals surface area (Å²) in [5.74, 6) is -0.845. The third-order valence-corrected chi connectivity index (χ3v) is 6.76. The summed E-state index contributed by atoms with van der Waals surface area (Å²) in [5, 5.41) is 12.7. The number of hydrogen-bond acceptors (Lipinski definition) is 7. The van der Waals surface area contributed by atoms with Crippen LogP contribution in [-0.4, -0.2) is 28.5 Å². The van der Waals surface area contributed by atoms with Crippen LogP contribution in [0.15, 0.2) is 61.2 Å². The molecule has 1 N–H and O–H groups in total. The van der Waals surface area contributed by atoms with E-state index in [1.54, 1.807) is 30.5 Å². The van der Waals surface area contributed by atoms with Crippen LogP contribution in [0.4, 0.5) is 18.3 Å². The lowest BCUT2D eigenvalue weighted by Crippen LogP contribution is -2.17. The minimum Gasteiger partial charge on any atom is -0.296 e. The quantitative estimate of drug-likeness (QED) is 0.566. The molecule has 5 nitrogen and oxygen atoms in total. The van der Waals surface area contributed by atoms with Crippen molar-refractivity contribution in [2.24, 2.45) is 10.9 Å². The highest BCUT2D eigenvalue weighted by Crippen LogP contribution is 2.42. The molecule has 0 saturated heterocycles. The second-order valence-electron chi connectivity index (χ2n) is 5.77. The van der Waals surface area contributed by atoms with Crippen molar-refractivity contribution in [3.05, 3.63) is 56.8 Å². The minimum atomic E-state index is -4.50. The number of amides is 1. The molecular weight excluding hydrogens is 441 g/mol. The Labute approximate surface area is 177 Å². The molecule has 152 valence electrons. The lowest BCUT2D eigenvalue weighted by molar-refractivity contribution is -0.0893. The van der Waals surface area contributed by atoms with E-state index in [4.69, 9.17) is 0 Å². The zero-order chi connectivity index (χ0) is 21.0. The summed E-state index contributed by atoms with van der Waals surface area (Å²) in [5.41, 5.74) is -0.813. The molecule has 0 saturated carbocycles. The number of aliphatic imine (C=N–C) groups is 1. The van der Waals surface area contributed by atoms with Gasteiger partial charge < -0.3 is 0 Å². The number of dihydropyridines is 1. The molecule has 1 atom stereocenters. The molecule has 29 heavy (non-hydrogen) atoms. The van der Waals surface area contributed by atoms with Crippen molar-refractivity contribution < 1.29 is 18.0 Å². The minimum absolute atomic E-state index is 0.0451. The van der Waals surface area contributed by atoms with E-state index in [0.717, 1.165) is 17.4 Å². The molecule has 3 heterocycles. The molecule has 1 unspecified atom stereocenters. The normalized spacial score (nSPS) is 18.8. The highest BCUT2D eigenvalue weighted by Gasteiger charge is 2.37. The van der Waals surface area contributed by atoms with E-state index in [0.29, 0.717) is 19.3 Å². The van der Waals surface area contributed by atoms with Crippen molar-refractivity contribution in [3.8, 4) is 0 Å². The number of alkyl halides is 3. The van der Waals surface area contributed by atoms with Gasteiger partial charge in [0.25, 0.3) is 5.91 Å². The zero-order valence-electron chi connectivity index (χ0n) is 15.2. The molecule has 0 radical (unpaired) electrons. The maximum atomic E-state index is 13.4. The first kappa shape index (κ1) is 21.5. The first-order valence-electron chi connectivity index (χ1n) is 8.34. The summed E-state index contributed by atoms with van der Waals surface area (Å²) in [6.07, 6.45) is 0.889. The number of allylic oxidation sites excluding steroid dienone is 5. The summed E-state index contributed by atoms with van der Waals surface area (Å²) in [7, 11) is 0. The lowest BCUT2D eigenvalue weighted by atomic mass is 9.99. The fourth-order valence-electron chi connectivity index (χ4n) is 2.47. The van der Waals surface area contributed by atoms with Gasteiger partial charge in [-0.15, -0.1) is 21.5 Å². The average molecular weight is 457 g/mol. The average Bonchev–Trinajstić information content (AvgIpc) is 3.33. The predicted molar refractivity (Wildman–Crippen MR) is 112 cm³/mol. The Hall–Kier alpha value is -2.24. The van der Waals surface area contributed by atoms with Gasteiger partial charge in [-0.2, -0.15) is 13.2 Å². The van der Waals surface area contributed by atoms with E-state index in [9.17, 15) is 18.0 Å². The van der Waals surface area contributed by atoms with Crippen LogP contribution >= 0.6 is 34.4 Å². The maximum Gasteiger partial charge on any atom is 0.418 e. The molecule has 0 spiro atoms. The SMILES string of the molecule is C/C=C\C(=C1\N=CC=C(Sc2nnc(NC(=O)c3cccs3)s2)C1C)C(F)(F)F. The number of nitrogens with zero attached hydrogens (tertiary/aromatic N) is 3. The summed E-state index contributed by atoms with van der Waals surface area (Å²) in [6.45, 7) is 3.20. The number of hydrogen-bond donors (Lipinski definition) is 1. The van der Waals surface area contributed by atoms with Gasteiger partial charge >= 0.3 is 6.18 Å². The Balaban J connectivity index is 1.76. The predicted octanol–water partition coefficient (Wildman–Crippen LogP) is 5.94. The number of thiophene rings is 1. The van der Waals surface area contributed by atoms with Crippen LogP contribution in [0, 0.1) is 5.92 Å². The van der Waals surface area contributed by atoms with Gasteiger partial charge in [-0.25, -0.2) is 0 Å². The molecule has 1 aliphatic rings. The van der Waals surface area contributed by atoms with Crippen molar-refractivity contribution in [3.63, 3.8) is 0 Å². The number of aromatic nitrogens is 2. The number of nitrogens with one attached hydrogen (secondary N) is 1. The van der Waals surface area contributed by atoms with Crippen LogP contribution in [0.3, 0.4) is 0 Å². The first-order valence-corrected chi connectivity index (χ1v) is 10.9. The van der Waals surface area contributed by atoms with E-state index in [1.165, 1.54) is 42.3 Å². The summed E-state index contributed by atoms with van der Waals surface area (Å²) in [6, 6.07) is 3.47. The van der Waals surface area contributed by atoms with Gasteiger partial charge in [0.05, 0.1) is 16.1 Å². The van der Waals surface area contributed by atoms with Gasteiger partial charge in [-0.1, -0.05) is 48.2 Å². The molecular formula is C18H15F3N4OS3. The highest BCUT2D eigenvalue weighted by molar-refractivity contribution is 8.04. The van der Waals surface area contributed by atoms with Gasteiger partial charge in [0.1, 0.15) is 0 Å². The van der Waals surface area contributed by atoms with Gasteiger partial charge in [-0.05, 0) is 24.4 Å². The van der Waals surface area contributed by atoms with Gasteiger partial charge in [0, 0.05) is 17.0 Å². The molecule has 11 heteroatoms. The van der Waals surface area contributed by atoms with Crippen LogP contribution in [0.5, 0.6) is 0 Å². The van der Waals surface area contributed by atoms with Crippen LogP contribution in [0.1, 0.15) is 23.5 Å². The van der Waals surface area contributed by atoms with Crippen LogP contribution < -0.4 is 5.32 Å². The fraction of sp³-hybridized carbons (Fsp3) is 0.222. The molecule has 0 aliphatic carbocycles. The first-order chi connectivity index (χ1) is 13.8. The van der Waals surface area contributed by atoms with Crippen LogP contribution in [0.25, 0.3) is 0 Å². The zero-order valence-corrected chi connectivity index (χ0v) is 17.7. The van der Waals surface area contributed by atoms with Crippen molar-refractivity contribution in [1.29, 1.82) is 0 Å². The molecule has 1 amide bonds. The summed E-state index contributed by atoms with van der Waals surface area (Å²) >= 11 is 3.67. The number of anilines is 1. The Morgan fingerprint density at radius 2 is 2.14 bits per heavy atom. The van der Waals surface area contributed by atoms with Crippen molar-refractivity contribution in [1.82, 2.24) is 10.2 Å². The number of thioether (sulfide) groups is 1. The molecule has 0 aromatic carbocycles. The van der Waals surface area contributed by atoms with Gasteiger partial charge in [0.15, 0.2) is 4.34 Å². The second kappa shape index (κ2) is 9.06. The Morgan fingerprint density at radius 1 is 1.34 bits per heavy atom. The maximum absolute atomic E-state index is 13.4. The Kier molecular flexibility index (Phi) is 6.70. The number of rotatable bonds is 5. The standard InChI is InChI=1S/C18H15F3N4OS3/c1-3-5-11(18(19,20)21)14-10(2)12(7-8-22-14)28-17-25-24-16(29-17)23-15(26)13-6-4-9-27-13/h3-10H,1-2H3,(H,23,24,26)/b5-3-,14-11-. The smallest absolute Gasteiger partial charge is 0.296 e. The third kappa shape index (κ3) is 5.22. The van der Waals surface area contributed by atoms with E-state index in [2.05, 4.69) is 20.5 Å².